The molecule has 2 saturated carbocycles. The van der Waals surface area contributed by atoms with Crippen molar-refractivity contribution < 1.29 is 9.53 Å². The molecular weight excluding hydrogens is 408 g/mol. The fraction of sp³-hybridized carbons (Fsp3) is 0.586. The molecule has 4 heteroatoms. The van der Waals surface area contributed by atoms with Crippen LogP contribution < -0.4 is 4.74 Å². The number of carbonyl (C=O) groups is 1. The van der Waals surface area contributed by atoms with Crippen molar-refractivity contribution in [2.45, 2.75) is 59.3 Å². The van der Waals surface area contributed by atoms with Crippen LogP contribution >= 0.6 is 0 Å². The van der Waals surface area contributed by atoms with E-state index in [-0.39, 0.29) is 16.7 Å². The number of rotatable bonds is 4. The van der Waals surface area contributed by atoms with E-state index in [0.29, 0.717) is 17.8 Å². The number of carbonyl (C=O) groups excluding carboxylic acids is 1. The molecule has 5 unspecified atom stereocenters. The van der Waals surface area contributed by atoms with Gasteiger partial charge in [0.15, 0.2) is 0 Å². The molecule has 2 heterocycles. The van der Waals surface area contributed by atoms with Crippen LogP contribution in [0.15, 0.2) is 47.8 Å². The lowest BCUT2D eigenvalue weighted by molar-refractivity contribution is -0.124. The lowest BCUT2D eigenvalue weighted by atomic mass is 9.47. The second-order valence-corrected chi connectivity index (χ2v) is 11.1. The predicted octanol–water partition coefficient (Wildman–Crippen LogP) is 6.06. The minimum Gasteiger partial charge on any atom is -0.495 e. The molecule has 176 valence electrons. The van der Waals surface area contributed by atoms with Crippen molar-refractivity contribution in [3.8, 4) is 5.75 Å². The zero-order valence-electron chi connectivity index (χ0n) is 20.9. The van der Waals surface area contributed by atoms with Crippen LogP contribution in [0.1, 0.15) is 64.9 Å². The molecule has 3 aliphatic carbocycles. The Hall–Kier alpha value is -2.36. The van der Waals surface area contributed by atoms with Gasteiger partial charge in [-0.3, -0.25) is 9.78 Å². The Balaban J connectivity index is 1.52. The maximum atomic E-state index is 12.8. The van der Waals surface area contributed by atoms with Crippen molar-refractivity contribution in [2.75, 3.05) is 20.7 Å². The molecule has 2 fully saturated rings. The van der Waals surface area contributed by atoms with E-state index >= 15 is 0 Å². The highest BCUT2D eigenvalue weighted by Gasteiger charge is 2.56. The number of aromatic nitrogens is 1. The zero-order chi connectivity index (χ0) is 23.4. The summed E-state index contributed by atoms with van der Waals surface area (Å²) in [6.07, 6.45) is 17.5. The van der Waals surface area contributed by atoms with Gasteiger partial charge in [0, 0.05) is 36.8 Å². The Bertz CT molecular complexity index is 1050. The highest BCUT2D eigenvalue weighted by Crippen LogP contribution is 2.66. The van der Waals surface area contributed by atoms with Gasteiger partial charge in [-0.1, -0.05) is 50.5 Å². The summed E-state index contributed by atoms with van der Waals surface area (Å²) in [5.74, 6) is 2.69. The Morgan fingerprint density at radius 1 is 1.18 bits per heavy atom. The number of hydrogen-bond donors (Lipinski definition) is 0. The SMILES string of the molecule is CCCC1CC2C3=CC=C(c4cncc(OC)c4)C3(C)CCC2C2(C)CCN(C)C(=O)C=C12. The average molecular weight is 447 g/mol. The second kappa shape index (κ2) is 8.14. The van der Waals surface area contributed by atoms with Crippen LogP contribution in [0.3, 0.4) is 0 Å². The third-order valence-corrected chi connectivity index (χ3v) is 9.48. The lowest BCUT2D eigenvalue weighted by Crippen LogP contribution is -2.48. The molecule has 5 atom stereocenters. The average Bonchev–Trinajstić information content (AvgIpc) is 3.11. The summed E-state index contributed by atoms with van der Waals surface area (Å²) in [7, 11) is 3.67. The largest absolute Gasteiger partial charge is 0.495 e. The van der Waals surface area contributed by atoms with E-state index in [9.17, 15) is 4.79 Å². The monoisotopic (exact) mass is 446 g/mol. The van der Waals surface area contributed by atoms with Gasteiger partial charge in [-0.25, -0.2) is 0 Å². The van der Waals surface area contributed by atoms with Gasteiger partial charge in [-0.05, 0) is 66.9 Å². The van der Waals surface area contributed by atoms with Gasteiger partial charge in [-0.15, -0.1) is 0 Å². The quantitative estimate of drug-likeness (QED) is 0.564. The van der Waals surface area contributed by atoms with Gasteiger partial charge < -0.3 is 9.64 Å². The molecule has 5 rings (SSSR count). The standard InChI is InChI=1S/C29H38N2O2/c1-6-7-19-15-22-24-9-8-23(20-14-21(33-5)18-30-17-20)28(24,2)11-10-25(22)29(3)12-13-31(4)27(32)16-26(19)29/h8-9,14,16-19,22,25H,6-7,10-13,15H2,1-5H3. The van der Waals surface area contributed by atoms with E-state index in [4.69, 9.17) is 4.74 Å². The molecule has 1 aliphatic heterocycles. The fourth-order valence-electron chi connectivity index (χ4n) is 7.62. The lowest BCUT2D eigenvalue weighted by Gasteiger charge is -2.57. The van der Waals surface area contributed by atoms with Gasteiger partial charge in [0.05, 0.1) is 13.3 Å². The van der Waals surface area contributed by atoms with Crippen molar-refractivity contribution in [3.63, 3.8) is 0 Å². The topological polar surface area (TPSA) is 42.4 Å². The highest BCUT2D eigenvalue weighted by atomic mass is 16.5. The van der Waals surface area contributed by atoms with E-state index in [1.165, 1.54) is 36.0 Å². The second-order valence-electron chi connectivity index (χ2n) is 11.1. The Labute approximate surface area is 198 Å². The van der Waals surface area contributed by atoms with Crippen LogP contribution in [-0.4, -0.2) is 36.5 Å². The van der Waals surface area contributed by atoms with Crippen molar-refractivity contribution >= 4 is 11.5 Å². The summed E-state index contributed by atoms with van der Waals surface area (Å²) in [4.78, 5) is 19.2. The molecule has 4 nitrogen and oxygen atoms in total. The smallest absolute Gasteiger partial charge is 0.246 e. The third-order valence-electron chi connectivity index (χ3n) is 9.48. The normalized spacial score (nSPS) is 35.5. The molecule has 0 radical (unpaired) electrons. The molecule has 4 aliphatic rings. The van der Waals surface area contributed by atoms with Crippen molar-refractivity contribution in [1.82, 2.24) is 9.88 Å². The first-order valence-electron chi connectivity index (χ1n) is 12.7. The van der Waals surface area contributed by atoms with Gasteiger partial charge in [0.1, 0.15) is 5.75 Å². The van der Waals surface area contributed by atoms with Crippen LogP contribution in [0, 0.1) is 28.6 Å². The number of amides is 1. The summed E-state index contributed by atoms with van der Waals surface area (Å²) in [5.41, 5.74) is 5.79. The zero-order valence-corrected chi connectivity index (χ0v) is 20.9. The first-order chi connectivity index (χ1) is 15.8. The molecule has 33 heavy (non-hydrogen) atoms. The van der Waals surface area contributed by atoms with Gasteiger partial charge in [0.2, 0.25) is 5.91 Å². The van der Waals surface area contributed by atoms with Gasteiger partial charge >= 0.3 is 0 Å². The number of fused-ring (bicyclic) bond motifs is 5. The molecule has 0 bridgehead atoms. The molecule has 0 saturated heterocycles. The van der Waals surface area contributed by atoms with Gasteiger partial charge in [0.25, 0.3) is 0 Å². The van der Waals surface area contributed by atoms with E-state index < -0.39 is 0 Å². The number of pyridine rings is 1. The molecule has 0 aromatic carbocycles. The van der Waals surface area contributed by atoms with Crippen LogP contribution in [0.2, 0.25) is 0 Å². The first kappa shape index (κ1) is 22.4. The summed E-state index contributed by atoms with van der Waals surface area (Å²) in [6.45, 7) is 8.06. The highest BCUT2D eigenvalue weighted by molar-refractivity contribution is 5.89. The number of likely N-dealkylation sites (N-methyl/N-ethyl adjacent to an activating group) is 1. The van der Waals surface area contributed by atoms with E-state index in [1.807, 2.05) is 24.2 Å². The maximum Gasteiger partial charge on any atom is 0.246 e. The number of ether oxygens (including phenoxy) is 1. The van der Waals surface area contributed by atoms with E-state index in [2.05, 4.69) is 44.0 Å². The predicted molar refractivity (Wildman–Crippen MR) is 133 cm³/mol. The van der Waals surface area contributed by atoms with E-state index in [1.54, 1.807) is 18.9 Å². The Morgan fingerprint density at radius 3 is 2.76 bits per heavy atom. The molecule has 1 aromatic rings. The minimum absolute atomic E-state index is 0.0564. The summed E-state index contributed by atoms with van der Waals surface area (Å²) < 4.78 is 5.47. The summed E-state index contributed by atoms with van der Waals surface area (Å²) >= 11 is 0. The van der Waals surface area contributed by atoms with Crippen molar-refractivity contribution in [2.24, 2.45) is 28.6 Å². The molecule has 1 aromatic heterocycles. The third kappa shape index (κ3) is 3.40. The van der Waals surface area contributed by atoms with Crippen LogP contribution in [0.4, 0.5) is 0 Å². The Morgan fingerprint density at radius 2 is 2.00 bits per heavy atom. The summed E-state index contributed by atoms with van der Waals surface area (Å²) in [6, 6.07) is 2.13. The number of hydrogen-bond acceptors (Lipinski definition) is 3. The fourth-order valence-corrected chi connectivity index (χ4v) is 7.62. The number of methoxy groups -OCH3 is 1. The molecule has 0 N–H and O–H groups in total. The van der Waals surface area contributed by atoms with Crippen LogP contribution in [-0.2, 0) is 4.79 Å². The van der Waals surface area contributed by atoms with Crippen LogP contribution in [0.5, 0.6) is 5.75 Å². The maximum absolute atomic E-state index is 12.8. The summed E-state index contributed by atoms with van der Waals surface area (Å²) in [5, 5.41) is 0. The minimum atomic E-state index is 0.0564. The van der Waals surface area contributed by atoms with Crippen molar-refractivity contribution in [1.29, 1.82) is 0 Å². The first-order valence-corrected chi connectivity index (χ1v) is 12.7. The van der Waals surface area contributed by atoms with Gasteiger partial charge in [-0.2, -0.15) is 0 Å². The number of allylic oxidation sites excluding steroid dienone is 5. The molecule has 1 amide bonds. The molecule has 0 spiro atoms. The van der Waals surface area contributed by atoms with E-state index in [0.717, 1.165) is 31.6 Å². The number of nitrogens with zero attached hydrogens (tertiary/aromatic N) is 2. The van der Waals surface area contributed by atoms with Crippen molar-refractivity contribution in [3.05, 3.63) is 53.4 Å². The van der Waals surface area contributed by atoms with Crippen LogP contribution in [0.25, 0.3) is 5.57 Å². The molecular formula is C29H38N2O2. The Kier molecular flexibility index (Phi) is 5.54.